The Bertz CT molecular complexity index is 1860. The summed E-state index contributed by atoms with van der Waals surface area (Å²) >= 11 is 0. The summed E-state index contributed by atoms with van der Waals surface area (Å²) in [7, 11) is -4.40. The van der Waals surface area contributed by atoms with Gasteiger partial charge in [-0.15, -0.1) is 0 Å². The van der Waals surface area contributed by atoms with E-state index in [2.05, 4.69) is 86.8 Å². The molecule has 3 N–H and O–H groups in total. The number of nitrogens with two attached hydrogens (primary N) is 1. The zero-order valence-corrected chi connectivity index (χ0v) is 66.6. The van der Waals surface area contributed by atoms with Crippen LogP contribution in [0.1, 0.15) is 450 Å². The predicted molar refractivity (Wildman–Crippen MR) is 432 cm³/mol. The Morgan fingerprint density at radius 2 is 0.556 bits per heavy atom. The lowest BCUT2D eigenvalue weighted by molar-refractivity contribution is -0.161. The first-order valence-corrected chi connectivity index (χ1v) is 44.9. The molecule has 580 valence electrons. The smallest absolute Gasteiger partial charge is 0.462 e. The van der Waals surface area contributed by atoms with Gasteiger partial charge in [0, 0.05) is 19.4 Å². The Hall–Kier alpha value is -2.55. The second-order valence-corrected chi connectivity index (χ2v) is 30.8. The molecule has 0 aliphatic heterocycles. The number of carbonyl (C=O) groups excluding carboxylic acids is 2. The molecule has 0 saturated carbocycles. The molecule has 0 rings (SSSR count). The highest BCUT2D eigenvalue weighted by Gasteiger charge is 2.26. The molecular weight excluding hydrogens is 1240 g/mol. The summed E-state index contributed by atoms with van der Waals surface area (Å²) in [5.41, 5.74) is 5.42. The lowest BCUT2D eigenvalue weighted by atomic mass is 10.0. The number of allylic oxidation sites excluding steroid dienone is 12. The maximum atomic E-state index is 12.8. The Labute approximate surface area is 615 Å². The fraction of sp³-hybridized carbons (Fsp3) is 0.843. The normalized spacial score (nSPS) is 13.1. The van der Waals surface area contributed by atoms with Crippen LogP contribution in [0.5, 0.6) is 0 Å². The van der Waals surface area contributed by atoms with Crippen molar-refractivity contribution < 1.29 is 37.6 Å². The third kappa shape index (κ3) is 84.3. The maximum Gasteiger partial charge on any atom is 0.472 e. The maximum absolute atomic E-state index is 12.8. The first kappa shape index (κ1) is 96.4. The fourth-order valence-corrected chi connectivity index (χ4v) is 14.0. The Balaban J connectivity index is 3.72. The van der Waals surface area contributed by atoms with Gasteiger partial charge in [-0.3, -0.25) is 18.6 Å². The second kappa shape index (κ2) is 84.4. The Morgan fingerprint density at radius 1 is 0.313 bits per heavy atom. The van der Waals surface area contributed by atoms with Crippen LogP contribution in [0.4, 0.5) is 0 Å². The van der Waals surface area contributed by atoms with Crippen LogP contribution in [0.3, 0.4) is 0 Å². The van der Waals surface area contributed by atoms with Crippen molar-refractivity contribution >= 4 is 19.8 Å². The highest BCUT2D eigenvalue weighted by atomic mass is 31.2. The van der Waals surface area contributed by atoms with Crippen LogP contribution in [-0.2, 0) is 32.7 Å². The van der Waals surface area contributed by atoms with Crippen LogP contribution in [0.15, 0.2) is 72.9 Å². The molecule has 0 radical (unpaired) electrons. The SMILES string of the molecule is CC/C=C\C/C=C\C/C=C\C/C=C\C/C=C\CCCCCCCCCCCCCCCCCCCCCCCCCC(=O)OC(COC(=O)CCCCCCCCCCCCCCCCCCCCCCCCCCCCC/C=C\CCCCCCCCCC)COP(=O)(O)OCCN. The number of phosphoric acid groups is 1. The molecule has 0 saturated heterocycles. The molecule has 9 nitrogen and oxygen atoms in total. The van der Waals surface area contributed by atoms with Gasteiger partial charge in [0.2, 0.25) is 0 Å². The third-order valence-electron chi connectivity index (χ3n) is 19.6. The lowest BCUT2D eigenvalue weighted by Gasteiger charge is -2.19. The molecule has 0 aromatic carbocycles. The zero-order valence-electron chi connectivity index (χ0n) is 65.7. The van der Waals surface area contributed by atoms with Gasteiger partial charge in [0.1, 0.15) is 6.61 Å². The number of carbonyl (C=O) groups is 2. The van der Waals surface area contributed by atoms with Gasteiger partial charge >= 0.3 is 19.8 Å². The van der Waals surface area contributed by atoms with Gasteiger partial charge in [0.05, 0.1) is 13.2 Å². The predicted octanol–water partition coefficient (Wildman–Crippen LogP) is 29.4. The van der Waals surface area contributed by atoms with Crippen LogP contribution < -0.4 is 5.73 Å². The van der Waals surface area contributed by atoms with Crippen LogP contribution in [0.25, 0.3) is 0 Å². The number of esters is 2. The van der Waals surface area contributed by atoms with Crippen molar-refractivity contribution in [3.8, 4) is 0 Å². The lowest BCUT2D eigenvalue weighted by Crippen LogP contribution is -2.29. The van der Waals surface area contributed by atoms with Crippen LogP contribution in [-0.4, -0.2) is 49.3 Å². The van der Waals surface area contributed by atoms with E-state index < -0.39 is 26.5 Å². The zero-order chi connectivity index (χ0) is 71.5. The van der Waals surface area contributed by atoms with Crippen molar-refractivity contribution in [2.75, 3.05) is 26.4 Å². The molecule has 0 bridgehead atoms. The van der Waals surface area contributed by atoms with Gasteiger partial charge in [-0.25, -0.2) is 4.57 Å². The van der Waals surface area contributed by atoms with Crippen LogP contribution in [0.2, 0.25) is 0 Å². The van der Waals surface area contributed by atoms with E-state index in [0.29, 0.717) is 6.42 Å². The minimum atomic E-state index is -4.40. The van der Waals surface area contributed by atoms with Crippen LogP contribution >= 0.6 is 7.82 Å². The molecule has 10 heteroatoms. The summed E-state index contributed by atoms with van der Waals surface area (Å²) < 4.78 is 33.3. The molecule has 0 aromatic heterocycles. The summed E-state index contributed by atoms with van der Waals surface area (Å²) in [4.78, 5) is 35.5. The molecule has 0 fully saturated rings. The van der Waals surface area contributed by atoms with Gasteiger partial charge in [0.15, 0.2) is 6.10 Å². The van der Waals surface area contributed by atoms with Gasteiger partial charge in [-0.05, 0) is 83.5 Å². The molecule has 0 aromatic rings. The largest absolute Gasteiger partial charge is 0.472 e. The topological polar surface area (TPSA) is 134 Å². The van der Waals surface area contributed by atoms with E-state index in [1.54, 1.807) is 0 Å². The van der Waals surface area contributed by atoms with Crippen molar-refractivity contribution in [1.29, 1.82) is 0 Å². The van der Waals surface area contributed by atoms with Crippen molar-refractivity contribution in [1.82, 2.24) is 0 Å². The molecule has 0 aliphatic rings. The average molecular weight is 1410 g/mol. The number of ether oxygens (including phenoxy) is 2. The molecule has 0 aliphatic carbocycles. The number of hydrogen-bond acceptors (Lipinski definition) is 8. The summed E-state index contributed by atoms with van der Waals surface area (Å²) in [5, 5.41) is 0. The summed E-state index contributed by atoms with van der Waals surface area (Å²) in [5.74, 6) is -0.802. The van der Waals surface area contributed by atoms with Gasteiger partial charge in [-0.1, -0.05) is 427 Å². The van der Waals surface area contributed by atoms with Gasteiger partial charge in [-0.2, -0.15) is 0 Å². The van der Waals surface area contributed by atoms with E-state index in [-0.39, 0.29) is 38.6 Å². The van der Waals surface area contributed by atoms with E-state index in [1.807, 2.05) is 0 Å². The van der Waals surface area contributed by atoms with E-state index in [9.17, 15) is 19.0 Å². The minimum Gasteiger partial charge on any atom is -0.462 e. The quantitative estimate of drug-likeness (QED) is 0.0264. The van der Waals surface area contributed by atoms with E-state index >= 15 is 0 Å². The van der Waals surface area contributed by atoms with Gasteiger partial charge in [0.25, 0.3) is 0 Å². The molecule has 2 unspecified atom stereocenters. The second-order valence-electron chi connectivity index (χ2n) is 29.4. The molecular formula is C89H166NO8P. The first-order valence-electron chi connectivity index (χ1n) is 43.4. The van der Waals surface area contributed by atoms with E-state index in [1.165, 1.54) is 353 Å². The number of unbranched alkanes of at least 4 members (excludes halogenated alkanes) is 58. The molecule has 0 amide bonds. The standard InChI is InChI=1S/C89H166NO8P/c1-3-5-7-9-11-13-15-17-19-21-23-25-27-29-31-33-35-37-39-41-43-45-47-49-51-53-55-57-59-61-63-65-67-69-71-73-75-77-79-81-88(91)95-85-87(86-97-99(93,94)96-84-83-90)98-89(92)82-80-78-76-74-72-70-68-66-64-62-60-58-56-54-52-50-48-46-44-42-40-38-36-34-32-30-28-26-24-22-20-18-16-14-12-10-8-6-4-2/h6,8,12,14,18,20-21,23-24,26,30,32,87H,3-5,7,9-11,13,15-17,19,22,25,27-29,31,33-86,90H2,1-2H3,(H,93,94)/b8-6-,14-12-,20-18-,23-21-,26-24-,32-30-. The molecule has 2 atom stereocenters. The first-order chi connectivity index (χ1) is 48.8. The highest BCUT2D eigenvalue weighted by molar-refractivity contribution is 7.47. The summed E-state index contributed by atoms with van der Waals surface area (Å²) in [6.07, 6.45) is 114. The Morgan fingerprint density at radius 3 is 0.838 bits per heavy atom. The molecule has 0 spiro atoms. The number of rotatable bonds is 83. The molecule has 0 heterocycles. The van der Waals surface area contributed by atoms with Crippen molar-refractivity contribution in [3.05, 3.63) is 72.9 Å². The Kier molecular flexibility index (Phi) is 82.2. The minimum absolute atomic E-state index is 0.0555. The third-order valence-corrected chi connectivity index (χ3v) is 20.6. The van der Waals surface area contributed by atoms with Crippen molar-refractivity contribution in [2.24, 2.45) is 5.73 Å². The monoisotopic (exact) mass is 1410 g/mol. The number of hydrogen-bond donors (Lipinski definition) is 2. The van der Waals surface area contributed by atoms with E-state index in [4.69, 9.17) is 24.3 Å². The van der Waals surface area contributed by atoms with Crippen molar-refractivity contribution in [3.63, 3.8) is 0 Å². The van der Waals surface area contributed by atoms with Gasteiger partial charge < -0.3 is 20.1 Å². The van der Waals surface area contributed by atoms with E-state index in [0.717, 1.165) is 64.2 Å². The van der Waals surface area contributed by atoms with Crippen molar-refractivity contribution in [2.45, 2.75) is 457 Å². The van der Waals surface area contributed by atoms with Crippen LogP contribution in [0, 0.1) is 0 Å². The summed E-state index contributed by atoms with van der Waals surface area (Å²) in [6, 6.07) is 0. The molecule has 99 heavy (non-hydrogen) atoms. The average Bonchev–Trinajstić information content (AvgIpc) is 1.35. The number of phosphoric ester groups is 1. The fourth-order valence-electron chi connectivity index (χ4n) is 13.2. The summed E-state index contributed by atoms with van der Waals surface area (Å²) in [6.45, 7) is 3.71. The highest BCUT2D eigenvalue weighted by Crippen LogP contribution is 2.43.